The van der Waals surface area contributed by atoms with Gasteiger partial charge in [-0.2, -0.15) is 4.31 Å². The molecule has 3 aromatic rings. The number of hydrogen-bond acceptors (Lipinski definition) is 7. The van der Waals surface area contributed by atoms with Gasteiger partial charge in [0.15, 0.2) is 5.13 Å². The minimum atomic E-state index is -3.75. The van der Waals surface area contributed by atoms with Crippen molar-refractivity contribution in [1.29, 1.82) is 0 Å². The lowest BCUT2D eigenvalue weighted by Crippen LogP contribution is -2.40. The lowest BCUT2D eigenvalue weighted by molar-refractivity contribution is -0.111. The van der Waals surface area contributed by atoms with Crippen molar-refractivity contribution >= 4 is 48.7 Å². The third-order valence-electron chi connectivity index (χ3n) is 4.98. The van der Waals surface area contributed by atoms with Crippen molar-refractivity contribution in [2.24, 2.45) is 0 Å². The summed E-state index contributed by atoms with van der Waals surface area (Å²) in [4.78, 5) is 16.9. The maximum Gasteiger partial charge on any atom is 0.250 e. The number of ether oxygens (including phenoxy) is 2. The van der Waals surface area contributed by atoms with Crippen LogP contribution in [-0.2, 0) is 19.6 Å². The first-order valence-corrected chi connectivity index (χ1v) is 12.2. The Bertz CT molecular complexity index is 1280. The SMILES string of the molecule is COc1ccc(C=CC(=O)Nc2nc3ccc(C)cc3s2)cc1S(=O)(=O)N1CCOCC1. The Morgan fingerprint density at radius 1 is 1.22 bits per heavy atom. The highest BCUT2D eigenvalue weighted by Gasteiger charge is 2.29. The average Bonchev–Trinajstić information content (AvgIpc) is 3.19. The van der Waals surface area contributed by atoms with E-state index in [0.29, 0.717) is 23.9 Å². The summed E-state index contributed by atoms with van der Waals surface area (Å²) >= 11 is 1.40. The summed E-state index contributed by atoms with van der Waals surface area (Å²) in [5, 5.41) is 3.26. The number of hydrogen-bond donors (Lipinski definition) is 1. The lowest BCUT2D eigenvalue weighted by Gasteiger charge is -2.26. The molecule has 0 spiro atoms. The molecule has 0 bridgehead atoms. The fraction of sp³-hybridized carbons (Fsp3) is 0.273. The van der Waals surface area contributed by atoms with E-state index in [1.54, 1.807) is 18.2 Å². The van der Waals surface area contributed by atoms with Crippen LogP contribution in [0.25, 0.3) is 16.3 Å². The smallest absolute Gasteiger partial charge is 0.250 e. The predicted octanol–water partition coefficient (Wildman–Crippen LogP) is 3.29. The molecule has 1 aliphatic rings. The summed E-state index contributed by atoms with van der Waals surface area (Å²) in [6, 6.07) is 10.7. The molecule has 4 rings (SSSR count). The van der Waals surface area contributed by atoms with E-state index in [1.807, 2.05) is 25.1 Å². The van der Waals surface area contributed by atoms with Gasteiger partial charge in [-0.25, -0.2) is 13.4 Å². The molecular weight excluding hydrogens is 450 g/mol. The van der Waals surface area contributed by atoms with Gasteiger partial charge in [-0.3, -0.25) is 10.1 Å². The lowest BCUT2D eigenvalue weighted by atomic mass is 10.2. The van der Waals surface area contributed by atoms with Gasteiger partial charge in [-0.1, -0.05) is 23.5 Å². The van der Waals surface area contributed by atoms with Crippen LogP contribution in [0.1, 0.15) is 11.1 Å². The van der Waals surface area contributed by atoms with Crippen LogP contribution >= 0.6 is 11.3 Å². The van der Waals surface area contributed by atoms with Gasteiger partial charge in [-0.05, 0) is 48.4 Å². The van der Waals surface area contributed by atoms with Crippen LogP contribution in [0.15, 0.2) is 47.4 Å². The number of benzene rings is 2. The number of nitrogens with zero attached hydrogens (tertiary/aromatic N) is 2. The number of nitrogens with one attached hydrogen (secondary N) is 1. The molecule has 0 saturated carbocycles. The summed E-state index contributed by atoms with van der Waals surface area (Å²) in [5.41, 5.74) is 2.52. The van der Waals surface area contributed by atoms with Crippen molar-refractivity contribution in [3.8, 4) is 5.75 Å². The molecule has 0 aliphatic carbocycles. The van der Waals surface area contributed by atoms with Crippen LogP contribution in [0, 0.1) is 6.92 Å². The van der Waals surface area contributed by atoms with Crippen LogP contribution in [-0.4, -0.2) is 57.0 Å². The third kappa shape index (κ3) is 4.83. The standard InChI is InChI=1S/C22H23N3O5S2/c1-15-3-6-17-19(13-15)31-22(23-17)24-21(26)8-5-16-4-7-18(29-2)20(14-16)32(27,28)25-9-11-30-12-10-25/h3-8,13-14H,9-12H2,1-2H3,(H,23,24,26). The molecular formula is C22H23N3O5S2. The first kappa shape index (κ1) is 22.4. The number of morpholine rings is 1. The van der Waals surface area contributed by atoms with E-state index in [-0.39, 0.29) is 29.6 Å². The number of fused-ring (bicyclic) bond motifs is 1. The number of sulfonamides is 1. The Morgan fingerprint density at radius 3 is 2.75 bits per heavy atom. The number of carbonyl (C=O) groups is 1. The molecule has 1 aromatic heterocycles. The van der Waals surface area contributed by atoms with Gasteiger partial charge < -0.3 is 9.47 Å². The summed E-state index contributed by atoms with van der Waals surface area (Å²) in [7, 11) is -2.32. The molecule has 32 heavy (non-hydrogen) atoms. The van der Waals surface area contributed by atoms with Gasteiger partial charge in [0.2, 0.25) is 15.9 Å². The molecule has 1 fully saturated rings. The normalized spacial score (nSPS) is 15.3. The Hall–Kier alpha value is -2.79. The Labute approximate surface area is 190 Å². The molecule has 2 aromatic carbocycles. The zero-order chi connectivity index (χ0) is 22.7. The Kier molecular flexibility index (Phi) is 6.56. The van der Waals surface area contributed by atoms with Crippen molar-refractivity contribution in [3.05, 3.63) is 53.6 Å². The van der Waals surface area contributed by atoms with E-state index in [4.69, 9.17) is 9.47 Å². The fourth-order valence-electron chi connectivity index (χ4n) is 3.33. The molecule has 0 atom stereocenters. The molecule has 1 amide bonds. The predicted molar refractivity (Wildman–Crippen MR) is 125 cm³/mol. The summed E-state index contributed by atoms with van der Waals surface area (Å²) in [5.74, 6) is -0.1000. The molecule has 2 heterocycles. The highest BCUT2D eigenvalue weighted by atomic mass is 32.2. The number of thiazole rings is 1. The highest BCUT2D eigenvalue weighted by molar-refractivity contribution is 7.89. The van der Waals surface area contributed by atoms with Crippen molar-refractivity contribution < 1.29 is 22.7 Å². The zero-order valence-electron chi connectivity index (χ0n) is 17.7. The second-order valence-corrected chi connectivity index (χ2v) is 10.2. The number of aromatic nitrogens is 1. The van der Waals surface area contributed by atoms with Gasteiger partial charge in [0.1, 0.15) is 10.6 Å². The topological polar surface area (TPSA) is 97.8 Å². The van der Waals surface area contributed by atoms with Gasteiger partial charge in [0, 0.05) is 19.2 Å². The molecule has 10 heteroatoms. The van der Waals surface area contributed by atoms with Crippen LogP contribution in [0.5, 0.6) is 5.75 Å². The minimum absolute atomic E-state index is 0.0611. The molecule has 1 aliphatic heterocycles. The van der Waals surface area contributed by atoms with E-state index in [9.17, 15) is 13.2 Å². The number of amides is 1. The van der Waals surface area contributed by atoms with E-state index >= 15 is 0 Å². The Morgan fingerprint density at radius 2 is 2.00 bits per heavy atom. The number of anilines is 1. The average molecular weight is 474 g/mol. The largest absolute Gasteiger partial charge is 0.495 e. The highest BCUT2D eigenvalue weighted by Crippen LogP contribution is 2.29. The van der Waals surface area contributed by atoms with Gasteiger partial charge in [0.05, 0.1) is 30.5 Å². The third-order valence-corrected chi connectivity index (χ3v) is 7.83. The summed E-state index contributed by atoms with van der Waals surface area (Å²) < 4.78 is 39.1. The van der Waals surface area contributed by atoms with Gasteiger partial charge >= 0.3 is 0 Å². The molecule has 8 nitrogen and oxygen atoms in total. The van der Waals surface area contributed by atoms with E-state index in [2.05, 4.69) is 10.3 Å². The zero-order valence-corrected chi connectivity index (χ0v) is 19.3. The molecule has 1 N–H and O–H groups in total. The van der Waals surface area contributed by atoms with Crippen LogP contribution in [0.4, 0.5) is 5.13 Å². The van der Waals surface area contributed by atoms with E-state index in [0.717, 1.165) is 15.8 Å². The van der Waals surface area contributed by atoms with Crippen LogP contribution in [0.3, 0.4) is 0 Å². The van der Waals surface area contributed by atoms with E-state index in [1.165, 1.54) is 34.9 Å². The molecule has 0 radical (unpaired) electrons. The number of carbonyl (C=O) groups excluding carboxylic acids is 1. The van der Waals surface area contributed by atoms with Crippen LogP contribution < -0.4 is 10.1 Å². The summed E-state index contributed by atoms with van der Waals surface area (Å²) in [6.45, 7) is 3.28. The monoisotopic (exact) mass is 473 g/mol. The van der Waals surface area contributed by atoms with Crippen molar-refractivity contribution in [2.75, 3.05) is 38.7 Å². The first-order chi connectivity index (χ1) is 15.4. The second kappa shape index (κ2) is 9.37. The van der Waals surface area contributed by atoms with Gasteiger partial charge in [0.25, 0.3) is 0 Å². The quantitative estimate of drug-likeness (QED) is 0.552. The molecule has 168 valence electrons. The van der Waals surface area contributed by atoms with Crippen LogP contribution in [0.2, 0.25) is 0 Å². The maximum absolute atomic E-state index is 13.1. The van der Waals surface area contributed by atoms with Gasteiger partial charge in [-0.15, -0.1) is 0 Å². The molecule has 1 saturated heterocycles. The Balaban J connectivity index is 1.52. The second-order valence-electron chi connectivity index (χ2n) is 7.24. The first-order valence-electron chi connectivity index (χ1n) is 9.99. The minimum Gasteiger partial charge on any atom is -0.495 e. The van der Waals surface area contributed by atoms with E-state index < -0.39 is 10.0 Å². The summed E-state index contributed by atoms with van der Waals surface area (Å²) in [6.07, 6.45) is 2.91. The number of rotatable bonds is 6. The fourth-order valence-corrected chi connectivity index (χ4v) is 5.89. The van der Waals surface area contributed by atoms with Crippen molar-refractivity contribution in [2.45, 2.75) is 11.8 Å². The molecule has 0 unspecified atom stereocenters. The van der Waals surface area contributed by atoms with Crippen molar-refractivity contribution in [1.82, 2.24) is 9.29 Å². The maximum atomic E-state index is 13.1. The number of methoxy groups -OCH3 is 1. The number of aryl methyl sites for hydroxylation is 1. The van der Waals surface area contributed by atoms with Crippen molar-refractivity contribution in [3.63, 3.8) is 0 Å².